The molecule has 3 aliphatic heterocycles. The summed E-state index contributed by atoms with van der Waals surface area (Å²) in [5, 5.41) is 26.1. The van der Waals surface area contributed by atoms with Crippen molar-refractivity contribution in [1.29, 1.82) is 0 Å². The van der Waals surface area contributed by atoms with Crippen LogP contribution >= 0.6 is 46.7 Å². The highest BCUT2D eigenvalue weighted by Crippen LogP contribution is 2.36. The molecule has 2 aromatic heterocycles. The molecule has 0 atom stereocenters. The van der Waals surface area contributed by atoms with Gasteiger partial charge in [-0.2, -0.15) is 10.2 Å². The molecule has 67 heavy (non-hydrogen) atoms. The predicted molar refractivity (Wildman–Crippen MR) is 274 cm³/mol. The summed E-state index contributed by atoms with van der Waals surface area (Å²) in [6.07, 6.45) is 4.49. The minimum atomic E-state index is 0.216. The van der Waals surface area contributed by atoms with Crippen molar-refractivity contribution in [2.24, 2.45) is 26.2 Å². The van der Waals surface area contributed by atoms with Crippen LogP contribution in [-0.4, -0.2) is 164 Å². The fourth-order valence-corrected chi connectivity index (χ4v) is 8.93. The quantitative estimate of drug-likeness (QED) is 0.0222. The fourth-order valence-electron chi connectivity index (χ4n) is 6.51. The molecule has 4 aromatic rings. The maximum Gasteiger partial charge on any atom is 0.191 e. The Morgan fingerprint density at radius 1 is 0.552 bits per heavy atom. The van der Waals surface area contributed by atoms with E-state index in [0.29, 0.717) is 22.2 Å². The summed E-state index contributed by atoms with van der Waals surface area (Å²) in [5.41, 5.74) is 7.82. The van der Waals surface area contributed by atoms with Crippen LogP contribution in [0.5, 0.6) is 0 Å². The van der Waals surface area contributed by atoms with E-state index in [1.54, 1.807) is 11.8 Å². The van der Waals surface area contributed by atoms with E-state index in [1.807, 2.05) is 60.7 Å². The third-order valence-corrected chi connectivity index (χ3v) is 12.7. The molecule has 366 valence electrons. The minimum Gasteiger partial charge on any atom is -0.379 e. The second kappa shape index (κ2) is 33.0. The number of anilines is 2. The van der Waals surface area contributed by atoms with Crippen molar-refractivity contribution in [3.05, 3.63) is 71.0 Å². The number of nitrogens with two attached hydrogens (primary N) is 1. The zero-order chi connectivity index (χ0) is 47.2. The van der Waals surface area contributed by atoms with E-state index in [9.17, 15) is 0 Å². The van der Waals surface area contributed by atoms with Crippen LogP contribution in [0.3, 0.4) is 0 Å². The number of azo groups is 2. The van der Waals surface area contributed by atoms with Crippen molar-refractivity contribution in [2.75, 3.05) is 140 Å². The summed E-state index contributed by atoms with van der Waals surface area (Å²) >= 11 is 15.4. The Labute approximate surface area is 415 Å². The Kier molecular flexibility index (Phi) is 26.8. The van der Waals surface area contributed by atoms with Crippen molar-refractivity contribution in [3.63, 3.8) is 0 Å². The lowest BCUT2D eigenvalue weighted by Crippen LogP contribution is -2.39. The van der Waals surface area contributed by atoms with E-state index in [0.717, 1.165) is 178 Å². The van der Waals surface area contributed by atoms with Gasteiger partial charge in [0.2, 0.25) is 0 Å². The Morgan fingerprint density at radius 3 is 1.34 bits per heavy atom. The lowest BCUT2D eigenvalue weighted by Gasteiger charge is -2.27. The van der Waals surface area contributed by atoms with E-state index in [2.05, 4.69) is 69.6 Å². The Balaban J connectivity index is 0.000000233. The molecular formula is C46H68Cl2N14O3S2. The molecule has 4 N–H and O–H groups in total. The number of hydrogen-bond acceptors (Lipinski definition) is 19. The number of nitrogens with zero attached hydrogens (tertiary/aromatic N) is 11. The smallest absolute Gasteiger partial charge is 0.191 e. The molecule has 0 aliphatic carbocycles. The molecular weight excluding hydrogens is 932 g/mol. The normalized spacial score (nSPS) is 16.1. The van der Waals surface area contributed by atoms with Crippen LogP contribution < -0.4 is 16.4 Å². The summed E-state index contributed by atoms with van der Waals surface area (Å²) in [7, 11) is 0. The van der Waals surface area contributed by atoms with Crippen molar-refractivity contribution in [1.82, 2.24) is 34.6 Å². The maximum atomic E-state index is 6.11. The largest absolute Gasteiger partial charge is 0.379 e. The molecule has 7 rings (SSSR count). The Hall–Kier alpha value is -3.60. The first-order chi connectivity index (χ1) is 32.9. The lowest BCUT2D eigenvalue weighted by atomic mass is 10.3. The average molecular weight is 1000 g/mol. The number of rotatable bonds is 22. The standard InChI is InChI=1S/C26H40N8O2S.C14H14Cl2N4S.C6H14N2O/c1-2-3-21-37-26-29-24(27-9-11-33-13-17-35-18-14-33)23(32-31-22-7-5-4-6-8-22)25(30-26)28-10-12-34-15-19-36-20-16-34;1-2-3-9-21-14-17-12(15)11(13(16)18-14)20-19-10-7-5-4-6-8-10;7-1-2-8-3-5-9-6-4-8/h4-8H,2-3,9-21H2,1H3,(H2,27,28,29,30);4-8H,2-3,9H2,1H3;1-7H2. The molecule has 0 radical (unpaired) electrons. The summed E-state index contributed by atoms with van der Waals surface area (Å²) in [5.74, 6) is 3.36. The van der Waals surface area contributed by atoms with Crippen LogP contribution in [0.15, 0.2) is 91.4 Å². The van der Waals surface area contributed by atoms with E-state index in [-0.39, 0.29) is 10.3 Å². The van der Waals surface area contributed by atoms with Crippen molar-refractivity contribution < 1.29 is 14.2 Å². The third-order valence-electron chi connectivity index (χ3n) is 10.3. The molecule has 3 saturated heterocycles. The van der Waals surface area contributed by atoms with Gasteiger partial charge < -0.3 is 30.6 Å². The van der Waals surface area contributed by atoms with Gasteiger partial charge in [0, 0.05) is 90.0 Å². The first kappa shape index (κ1) is 54.3. The predicted octanol–water partition coefficient (Wildman–Crippen LogP) is 9.64. The highest BCUT2D eigenvalue weighted by atomic mass is 35.5. The molecule has 0 spiro atoms. The first-order valence-corrected chi connectivity index (χ1v) is 26.1. The molecule has 3 aliphatic rings. The monoisotopic (exact) mass is 998 g/mol. The molecule has 5 heterocycles. The van der Waals surface area contributed by atoms with E-state index in [1.165, 1.54) is 11.8 Å². The number of thioether (sulfide) groups is 2. The molecule has 0 saturated carbocycles. The van der Waals surface area contributed by atoms with Crippen LogP contribution in [0.2, 0.25) is 10.3 Å². The molecule has 0 amide bonds. The number of halogens is 2. The van der Waals surface area contributed by atoms with Crippen LogP contribution in [0.4, 0.5) is 34.4 Å². The second-order valence-electron chi connectivity index (χ2n) is 15.5. The van der Waals surface area contributed by atoms with Crippen molar-refractivity contribution in [2.45, 2.75) is 49.8 Å². The molecule has 3 fully saturated rings. The van der Waals surface area contributed by atoms with E-state index < -0.39 is 0 Å². The topological polar surface area (TPSA) is 188 Å². The van der Waals surface area contributed by atoms with Crippen LogP contribution in [0.25, 0.3) is 0 Å². The van der Waals surface area contributed by atoms with Gasteiger partial charge in [0.05, 0.1) is 51.0 Å². The molecule has 0 bridgehead atoms. The van der Waals surface area contributed by atoms with Gasteiger partial charge >= 0.3 is 0 Å². The van der Waals surface area contributed by atoms with Gasteiger partial charge in [0.1, 0.15) is 0 Å². The molecule has 2 aromatic carbocycles. The molecule has 0 unspecified atom stereocenters. The van der Waals surface area contributed by atoms with Gasteiger partial charge in [-0.3, -0.25) is 14.7 Å². The minimum absolute atomic E-state index is 0.216. The number of morpholine rings is 3. The van der Waals surface area contributed by atoms with Gasteiger partial charge in [0.25, 0.3) is 0 Å². The summed E-state index contributed by atoms with van der Waals surface area (Å²) in [6.45, 7) is 20.3. The van der Waals surface area contributed by atoms with Gasteiger partial charge in [-0.25, -0.2) is 19.9 Å². The van der Waals surface area contributed by atoms with Crippen LogP contribution in [0, 0.1) is 0 Å². The SMILES string of the molecule is CCCCSc1nc(Cl)c(N=Nc2ccccc2)c(Cl)n1.CCCCSc1nc(NCCN2CCOCC2)c(N=Nc2ccccc2)c(NCCN2CCOCC2)n1.NCCN1CCOCC1. The summed E-state index contributed by atoms with van der Waals surface area (Å²) in [4.78, 5) is 25.3. The van der Waals surface area contributed by atoms with E-state index in [4.69, 9.17) is 53.1 Å². The number of benzene rings is 2. The number of hydrogen-bond donors (Lipinski definition) is 3. The third kappa shape index (κ3) is 21.3. The number of nitrogens with one attached hydrogen (secondary N) is 2. The number of aromatic nitrogens is 4. The highest BCUT2D eigenvalue weighted by Gasteiger charge is 2.18. The van der Waals surface area contributed by atoms with Gasteiger partial charge in [-0.15, -0.1) is 10.2 Å². The van der Waals surface area contributed by atoms with Crippen molar-refractivity contribution >= 4 is 81.1 Å². The second-order valence-corrected chi connectivity index (χ2v) is 18.3. The number of unbranched alkanes of at least 4 members (excludes halogenated alkanes) is 2. The summed E-state index contributed by atoms with van der Waals surface area (Å²) in [6, 6.07) is 19.1. The van der Waals surface area contributed by atoms with Crippen LogP contribution in [0.1, 0.15) is 39.5 Å². The fraction of sp³-hybridized carbons (Fsp3) is 0.565. The van der Waals surface area contributed by atoms with Crippen LogP contribution in [-0.2, 0) is 14.2 Å². The zero-order valence-corrected chi connectivity index (χ0v) is 42.2. The highest BCUT2D eigenvalue weighted by molar-refractivity contribution is 7.99. The summed E-state index contributed by atoms with van der Waals surface area (Å²) < 4.78 is 16.1. The molecule has 21 heteroatoms. The van der Waals surface area contributed by atoms with Gasteiger partial charge in [-0.05, 0) is 37.1 Å². The molecule has 17 nitrogen and oxygen atoms in total. The zero-order valence-electron chi connectivity index (χ0n) is 39.0. The van der Waals surface area contributed by atoms with Gasteiger partial charge in [0.15, 0.2) is 43.6 Å². The maximum absolute atomic E-state index is 6.11. The van der Waals surface area contributed by atoms with E-state index >= 15 is 0 Å². The Morgan fingerprint density at radius 2 is 0.940 bits per heavy atom. The number of ether oxygens (including phenoxy) is 3. The average Bonchev–Trinajstić information content (AvgIpc) is 3.36. The lowest BCUT2D eigenvalue weighted by molar-refractivity contribution is 0.0394. The first-order valence-electron chi connectivity index (χ1n) is 23.4. The Bertz CT molecular complexity index is 1940. The van der Waals surface area contributed by atoms with Crippen molar-refractivity contribution in [3.8, 4) is 0 Å². The van der Waals surface area contributed by atoms with Gasteiger partial charge in [-0.1, -0.05) is 110 Å².